The minimum atomic E-state index is -0.606. The fourth-order valence-corrected chi connectivity index (χ4v) is 2.04. The Morgan fingerprint density at radius 3 is 2.61 bits per heavy atom. The number of benzene rings is 1. The van der Waals surface area contributed by atoms with Crippen LogP contribution in [0.5, 0.6) is 0 Å². The first-order valence-corrected chi connectivity index (χ1v) is 7.04. The Hall–Kier alpha value is -2.38. The molecule has 2 aromatic rings. The Morgan fingerprint density at radius 1 is 1.30 bits per heavy atom. The van der Waals surface area contributed by atoms with E-state index in [1.165, 1.54) is 10.7 Å². The SMILES string of the molecule is CCCC(N)C(=O)Nc1ccccc1-n1ccc(C(N)=O)n1.Cl. The van der Waals surface area contributed by atoms with Gasteiger partial charge in [0.1, 0.15) is 5.69 Å². The van der Waals surface area contributed by atoms with Crippen LogP contribution in [-0.4, -0.2) is 27.6 Å². The summed E-state index contributed by atoms with van der Waals surface area (Å²) in [6, 6.07) is 8.09. The maximum absolute atomic E-state index is 12.1. The summed E-state index contributed by atoms with van der Waals surface area (Å²) in [5.74, 6) is -0.859. The predicted molar refractivity (Wildman–Crippen MR) is 90.8 cm³/mol. The van der Waals surface area contributed by atoms with Crippen LogP contribution in [0.1, 0.15) is 30.3 Å². The maximum atomic E-state index is 12.1. The Balaban J connectivity index is 0.00000264. The Kier molecular flexibility index (Phi) is 6.74. The summed E-state index contributed by atoms with van der Waals surface area (Å²) >= 11 is 0. The standard InChI is InChI=1S/C15H19N5O2.ClH/c1-2-5-10(16)15(22)18-11-6-3-4-7-13(11)20-9-8-12(19-20)14(17)21;/h3-4,6-10H,2,5,16H2,1H3,(H2,17,21)(H,18,22);1H. The number of primary amides is 1. The van der Waals surface area contributed by atoms with Crippen molar-refractivity contribution in [1.82, 2.24) is 9.78 Å². The largest absolute Gasteiger partial charge is 0.364 e. The number of nitrogens with zero attached hydrogens (tertiary/aromatic N) is 2. The summed E-state index contributed by atoms with van der Waals surface area (Å²) in [6.45, 7) is 1.97. The molecule has 0 aliphatic carbocycles. The summed E-state index contributed by atoms with van der Waals surface area (Å²) in [7, 11) is 0. The molecular formula is C15H20ClN5O2. The van der Waals surface area contributed by atoms with Gasteiger partial charge in [0.15, 0.2) is 0 Å². The highest BCUT2D eigenvalue weighted by Crippen LogP contribution is 2.20. The van der Waals surface area contributed by atoms with Crippen LogP contribution < -0.4 is 16.8 Å². The molecule has 5 N–H and O–H groups in total. The molecule has 1 aromatic heterocycles. The first-order chi connectivity index (χ1) is 10.5. The van der Waals surface area contributed by atoms with E-state index in [1.54, 1.807) is 24.4 Å². The highest BCUT2D eigenvalue weighted by atomic mass is 35.5. The second-order valence-corrected chi connectivity index (χ2v) is 4.91. The molecule has 2 amide bonds. The average Bonchev–Trinajstić information content (AvgIpc) is 2.98. The van der Waals surface area contributed by atoms with Gasteiger partial charge in [0.25, 0.3) is 5.91 Å². The van der Waals surface area contributed by atoms with E-state index < -0.39 is 11.9 Å². The molecule has 0 saturated heterocycles. The number of para-hydroxylation sites is 2. The lowest BCUT2D eigenvalue weighted by molar-refractivity contribution is -0.117. The smallest absolute Gasteiger partial charge is 0.269 e. The number of carbonyl (C=O) groups excluding carboxylic acids is 2. The zero-order chi connectivity index (χ0) is 16.1. The third-order valence-corrected chi connectivity index (χ3v) is 3.19. The molecule has 1 atom stereocenters. The van der Waals surface area contributed by atoms with E-state index in [9.17, 15) is 9.59 Å². The molecule has 23 heavy (non-hydrogen) atoms. The number of hydrogen-bond donors (Lipinski definition) is 3. The van der Waals surface area contributed by atoms with Gasteiger partial charge in [-0.3, -0.25) is 9.59 Å². The summed E-state index contributed by atoms with van der Waals surface area (Å²) in [5.41, 5.74) is 12.4. The number of hydrogen-bond acceptors (Lipinski definition) is 4. The van der Waals surface area contributed by atoms with Gasteiger partial charge in [-0.15, -0.1) is 12.4 Å². The van der Waals surface area contributed by atoms with Crippen LogP contribution in [0.2, 0.25) is 0 Å². The van der Waals surface area contributed by atoms with Crippen molar-refractivity contribution < 1.29 is 9.59 Å². The highest BCUT2D eigenvalue weighted by Gasteiger charge is 2.15. The second kappa shape index (κ2) is 8.30. The molecule has 0 aliphatic heterocycles. The molecule has 0 saturated carbocycles. The van der Waals surface area contributed by atoms with Crippen molar-refractivity contribution in [2.75, 3.05) is 5.32 Å². The Labute approximate surface area is 140 Å². The number of aromatic nitrogens is 2. The number of nitrogens with two attached hydrogens (primary N) is 2. The summed E-state index contributed by atoms with van der Waals surface area (Å²) < 4.78 is 1.49. The molecule has 7 nitrogen and oxygen atoms in total. The van der Waals surface area contributed by atoms with Crippen molar-refractivity contribution in [1.29, 1.82) is 0 Å². The highest BCUT2D eigenvalue weighted by molar-refractivity contribution is 5.96. The lowest BCUT2D eigenvalue weighted by Crippen LogP contribution is -2.35. The summed E-state index contributed by atoms with van der Waals surface area (Å²) in [5, 5.41) is 6.88. The number of nitrogens with one attached hydrogen (secondary N) is 1. The molecule has 0 aliphatic rings. The number of halogens is 1. The topological polar surface area (TPSA) is 116 Å². The van der Waals surface area contributed by atoms with Crippen LogP contribution in [0.3, 0.4) is 0 Å². The van der Waals surface area contributed by atoms with Crippen LogP contribution >= 0.6 is 12.4 Å². The van der Waals surface area contributed by atoms with Crippen molar-refractivity contribution in [3.05, 3.63) is 42.2 Å². The molecule has 124 valence electrons. The molecule has 0 spiro atoms. The predicted octanol–water partition coefficient (Wildman–Crippen LogP) is 1.46. The number of carbonyl (C=O) groups is 2. The molecule has 0 radical (unpaired) electrons. The quantitative estimate of drug-likeness (QED) is 0.739. The Morgan fingerprint density at radius 2 is 2.00 bits per heavy atom. The molecule has 8 heteroatoms. The fourth-order valence-electron chi connectivity index (χ4n) is 2.04. The van der Waals surface area contributed by atoms with Gasteiger partial charge in [0.2, 0.25) is 5.91 Å². The maximum Gasteiger partial charge on any atom is 0.269 e. The third-order valence-electron chi connectivity index (χ3n) is 3.19. The normalized spacial score (nSPS) is 11.4. The number of rotatable bonds is 6. The number of amides is 2. The first-order valence-electron chi connectivity index (χ1n) is 7.04. The molecule has 0 bridgehead atoms. The third kappa shape index (κ3) is 4.54. The van der Waals surface area contributed by atoms with Gasteiger partial charge in [0.05, 0.1) is 17.4 Å². The van der Waals surface area contributed by atoms with E-state index in [1.807, 2.05) is 13.0 Å². The van der Waals surface area contributed by atoms with Gasteiger partial charge < -0.3 is 16.8 Å². The van der Waals surface area contributed by atoms with E-state index >= 15 is 0 Å². The monoisotopic (exact) mass is 337 g/mol. The Bertz CT molecular complexity index is 686. The van der Waals surface area contributed by atoms with Gasteiger partial charge in [-0.25, -0.2) is 4.68 Å². The van der Waals surface area contributed by atoms with E-state index in [0.29, 0.717) is 17.8 Å². The van der Waals surface area contributed by atoms with Crippen LogP contribution in [0, 0.1) is 0 Å². The molecule has 1 unspecified atom stereocenters. The minimum absolute atomic E-state index is 0. The van der Waals surface area contributed by atoms with Crippen molar-refractivity contribution in [2.24, 2.45) is 11.5 Å². The van der Waals surface area contributed by atoms with Gasteiger partial charge in [0, 0.05) is 6.20 Å². The van der Waals surface area contributed by atoms with Gasteiger partial charge >= 0.3 is 0 Å². The van der Waals surface area contributed by atoms with Gasteiger partial charge in [-0.05, 0) is 24.6 Å². The zero-order valence-electron chi connectivity index (χ0n) is 12.7. The van der Waals surface area contributed by atoms with Gasteiger partial charge in [-0.2, -0.15) is 5.10 Å². The zero-order valence-corrected chi connectivity index (χ0v) is 13.5. The van der Waals surface area contributed by atoms with Crippen LogP contribution in [0.15, 0.2) is 36.5 Å². The van der Waals surface area contributed by atoms with Crippen LogP contribution in [0.4, 0.5) is 5.69 Å². The van der Waals surface area contributed by atoms with Crippen LogP contribution in [-0.2, 0) is 4.79 Å². The fraction of sp³-hybridized carbons (Fsp3) is 0.267. The van der Waals surface area contributed by atoms with Crippen molar-refractivity contribution in [3.8, 4) is 5.69 Å². The molecule has 2 rings (SSSR count). The molecule has 1 heterocycles. The molecular weight excluding hydrogens is 318 g/mol. The lowest BCUT2D eigenvalue weighted by Gasteiger charge is -2.14. The second-order valence-electron chi connectivity index (χ2n) is 4.91. The summed E-state index contributed by atoms with van der Waals surface area (Å²) in [4.78, 5) is 23.2. The average molecular weight is 338 g/mol. The summed E-state index contributed by atoms with van der Waals surface area (Å²) in [6.07, 6.45) is 3.05. The van der Waals surface area contributed by atoms with Crippen molar-refractivity contribution in [3.63, 3.8) is 0 Å². The molecule has 1 aromatic carbocycles. The first kappa shape index (κ1) is 18.7. The minimum Gasteiger partial charge on any atom is -0.364 e. The van der Waals surface area contributed by atoms with E-state index in [0.717, 1.165) is 6.42 Å². The lowest BCUT2D eigenvalue weighted by atomic mass is 10.1. The van der Waals surface area contributed by atoms with E-state index in [-0.39, 0.29) is 24.0 Å². The van der Waals surface area contributed by atoms with E-state index in [2.05, 4.69) is 10.4 Å². The van der Waals surface area contributed by atoms with Crippen LogP contribution in [0.25, 0.3) is 5.69 Å². The van der Waals surface area contributed by atoms with Crippen molar-refractivity contribution >= 4 is 29.9 Å². The number of anilines is 1. The van der Waals surface area contributed by atoms with E-state index in [4.69, 9.17) is 11.5 Å². The molecule has 0 fully saturated rings. The van der Waals surface area contributed by atoms with Crippen molar-refractivity contribution in [2.45, 2.75) is 25.8 Å². The van der Waals surface area contributed by atoms with Gasteiger partial charge in [-0.1, -0.05) is 25.5 Å².